The van der Waals surface area contributed by atoms with Crippen LogP contribution in [0.2, 0.25) is 5.02 Å². The largest absolute Gasteiger partial charge is 0.344 e. The second-order valence-corrected chi connectivity index (χ2v) is 10.9. The quantitative estimate of drug-likeness (QED) is 0.203. The van der Waals surface area contributed by atoms with Crippen LogP contribution in [-0.4, -0.2) is 26.1 Å². The number of benzene rings is 1. The maximum atomic E-state index is 13.1. The molecule has 0 radical (unpaired) electrons. The van der Waals surface area contributed by atoms with Crippen molar-refractivity contribution >= 4 is 50.7 Å². The zero-order valence-electron chi connectivity index (χ0n) is 18.5. The van der Waals surface area contributed by atoms with Gasteiger partial charge in [-0.2, -0.15) is 0 Å². The topological polar surface area (TPSA) is 67.8 Å². The summed E-state index contributed by atoms with van der Waals surface area (Å²) in [5.41, 5.74) is 4.73. The van der Waals surface area contributed by atoms with E-state index in [0.717, 1.165) is 46.4 Å². The number of H-pyrrole nitrogens is 1. The summed E-state index contributed by atoms with van der Waals surface area (Å²) in [4.78, 5) is 35.4. The first-order valence-corrected chi connectivity index (χ1v) is 13.2. The van der Waals surface area contributed by atoms with E-state index in [0.29, 0.717) is 22.3 Å². The zero-order valence-corrected chi connectivity index (χ0v) is 20.9. The number of nitrogens with zero attached hydrogens (tertiary/aromatic N) is 2. The van der Waals surface area contributed by atoms with E-state index in [1.54, 1.807) is 11.3 Å². The molecule has 0 saturated carbocycles. The maximum absolute atomic E-state index is 13.1. The van der Waals surface area contributed by atoms with E-state index in [2.05, 4.69) is 14.5 Å². The minimum atomic E-state index is -0.0905. The Balaban J connectivity index is 1.35. The number of carbonyl (C=O) groups is 1. The van der Waals surface area contributed by atoms with Gasteiger partial charge in [0.05, 0.1) is 11.1 Å². The molecule has 1 N–H and O–H groups in total. The Morgan fingerprint density at radius 3 is 2.85 bits per heavy atom. The van der Waals surface area contributed by atoms with E-state index in [1.807, 2.05) is 44.2 Å². The van der Waals surface area contributed by atoms with Crippen molar-refractivity contribution in [2.45, 2.75) is 51.2 Å². The van der Waals surface area contributed by atoms with Gasteiger partial charge in [0.1, 0.15) is 4.83 Å². The first kappa shape index (κ1) is 22.4. The highest BCUT2D eigenvalue weighted by molar-refractivity contribution is 7.99. The number of Topliss-reactive ketones (excluding diaryl/α,β-unsaturated/α-hetero) is 1. The van der Waals surface area contributed by atoms with Crippen molar-refractivity contribution in [2.75, 3.05) is 5.75 Å². The third kappa shape index (κ3) is 4.29. The normalized spacial score (nSPS) is 13.4. The number of aromatic amines is 1. The van der Waals surface area contributed by atoms with Crippen molar-refractivity contribution in [3.63, 3.8) is 0 Å². The predicted octanol–water partition coefficient (Wildman–Crippen LogP) is 5.96. The molecular formula is C25H24ClN3O2S2. The molecule has 8 heteroatoms. The predicted molar refractivity (Wildman–Crippen MR) is 136 cm³/mol. The number of hydrogen-bond acceptors (Lipinski definition) is 5. The number of aromatic nitrogens is 3. The van der Waals surface area contributed by atoms with Crippen molar-refractivity contribution in [2.24, 2.45) is 0 Å². The minimum Gasteiger partial charge on any atom is -0.344 e. The van der Waals surface area contributed by atoms with Crippen LogP contribution in [0.1, 0.15) is 50.6 Å². The number of thioether (sulfide) groups is 1. The molecule has 0 saturated heterocycles. The number of hydrogen-bond donors (Lipinski definition) is 1. The van der Waals surface area contributed by atoms with Gasteiger partial charge in [-0.25, -0.2) is 4.98 Å². The Morgan fingerprint density at radius 2 is 2.03 bits per heavy atom. The lowest BCUT2D eigenvalue weighted by Gasteiger charge is -2.11. The van der Waals surface area contributed by atoms with Gasteiger partial charge in [0.25, 0.3) is 5.56 Å². The summed E-state index contributed by atoms with van der Waals surface area (Å²) in [6.45, 7) is 4.58. The Hall–Kier alpha value is -2.35. The number of aryl methyl sites for hydroxylation is 3. The molecule has 5 nitrogen and oxygen atoms in total. The number of halogens is 1. The van der Waals surface area contributed by atoms with Gasteiger partial charge in [0.2, 0.25) is 0 Å². The number of carbonyl (C=O) groups excluding carboxylic acids is 1. The molecule has 0 bridgehead atoms. The summed E-state index contributed by atoms with van der Waals surface area (Å²) in [6.07, 6.45) is 4.27. The summed E-state index contributed by atoms with van der Waals surface area (Å²) in [5, 5.41) is 1.96. The van der Waals surface area contributed by atoms with Crippen LogP contribution in [0.4, 0.5) is 0 Å². The molecular weight excluding hydrogens is 474 g/mol. The van der Waals surface area contributed by atoms with Gasteiger partial charge >= 0.3 is 0 Å². The van der Waals surface area contributed by atoms with Crippen LogP contribution >= 0.6 is 34.7 Å². The average molecular weight is 498 g/mol. The van der Waals surface area contributed by atoms with E-state index in [-0.39, 0.29) is 17.1 Å². The second-order valence-electron chi connectivity index (χ2n) is 8.44. The van der Waals surface area contributed by atoms with Crippen LogP contribution < -0.4 is 5.56 Å². The summed E-state index contributed by atoms with van der Waals surface area (Å²) in [6, 6.07) is 9.68. The molecule has 0 fully saturated rings. The number of fused-ring (bicyclic) bond motifs is 3. The molecule has 33 heavy (non-hydrogen) atoms. The summed E-state index contributed by atoms with van der Waals surface area (Å²) >= 11 is 9.25. The van der Waals surface area contributed by atoms with Crippen molar-refractivity contribution in [3.05, 3.63) is 78.7 Å². The summed E-state index contributed by atoms with van der Waals surface area (Å²) in [7, 11) is 0. The van der Waals surface area contributed by atoms with Gasteiger partial charge in [-0.3, -0.25) is 9.59 Å². The summed E-state index contributed by atoms with van der Waals surface area (Å²) < 4.78 is 2.11. The third-order valence-corrected chi connectivity index (χ3v) is 8.73. The summed E-state index contributed by atoms with van der Waals surface area (Å²) in [5.74, 6) is 0.238. The lowest BCUT2D eigenvalue weighted by atomic mass is 9.97. The monoisotopic (exact) mass is 497 g/mol. The number of ketones is 1. The Labute approximate surface area is 205 Å². The van der Waals surface area contributed by atoms with Crippen LogP contribution in [-0.2, 0) is 19.4 Å². The second kappa shape index (κ2) is 9.12. The van der Waals surface area contributed by atoms with Gasteiger partial charge in [0, 0.05) is 33.4 Å². The van der Waals surface area contributed by atoms with Gasteiger partial charge in [-0.15, -0.1) is 11.3 Å². The molecule has 0 unspecified atom stereocenters. The lowest BCUT2D eigenvalue weighted by Crippen LogP contribution is -2.12. The highest BCUT2D eigenvalue weighted by atomic mass is 35.5. The Kier molecular flexibility index (Phi) is 6.20. The molecule has 3 heterocycles. The maximum Gasteiger partial charge on any atom is 0.260 e. The fourth-order valence-corrected chi connectivity index (χ4v) is 6.81. The van der Waals surface area contributed by atoms with Crippen LogP contribution in [0.25, 0.3) is 10.2 Å². The Bertz CT molecular complexity index is 1430. The molecule has 4 aromatic rings. The van der Waals surface area contributed by atoms with Crippen LogP contribution in [0.3, 0.4) is 0 Å². The van der Waals surface area contributed by atoms with Crippen molar-refractivity contribution in [1.82, 2.24) is 14.5 Å². The van der Waals surface area contributed by atoms with E-state index in [1.165, 1.54) is 28.6 Å². The fourth-order valence-electron chi connectivity index (χ4n) is 4.55. The van der Waals surface area contributed by atoms with Crippen molar-refractivity contribution in [3.8, 4) is 0 Å². The van der Waals surface area contributed by atoms with Crippen LogP contribution in [0.5, 0.6) is 0 Å². The highest BCUT2D eigenvalue weighted by Crippen LogP contribution is 2.34. The molecule has 3 aromatic heterocycles. The van der Waals surface area contributed by atoms with Crippen LogP contribution in [0, 0.1) is 13.8 Å². The molecule has 1 aliphatic rings. The van der Waals surface area contributed by atoms with Gasteiger partial charge in [-0.05, 0) is 62.8 Å². The van der Waals surface area contributed by atoms with Crippen molar-refractivity contribution in [1.29, 1.82) is 0 Å². The fraction of sp³-hybridized carbons (Fsp3) is 0.320. The molecule has 5 rings (SSSR count). The SMILES string of the molecule is Cc1cc(C(=O)CSc2nc3sc4c(c3c(=O)[nH]2)CCCC4)c(C)n1Cc1ccccc1Cl. The lowest BCUT2D eigenvalue weighted by molar-refractivity contribution is 0.102. The third-order valence-electron chi connectivity index (χ3n) is 6.30. The molecule has 0 atom stereocenters. The first-order chi connectivity index (χ1) is 15.9. The van der Waals surface area contributed by atoms with E-state index in [9.17, 15) is 9.59 Å². The molecule has 1 aromatic carbocycles. The Morgan fingerprint density at radius 1 is 1.24 bits per heavy atom. The van der Waals surface area contributed by atoms with Gasteiger partial charge < -0.3 is 9.55 Å². The van der Waals surface area contributed by atoms with Crippen LogP contribution in [0.15, 0.2) is 40.3 Å². The van der Waals surface area contributed by atoms with E-state index >= 15 is 0 Å². The van der Waals surface area contributed by atoms with E-state index in [4.69, 9.17) is 11.6 Å². The van der Waals surface area contributed by atoms with Crippen molar-refractivity contribution < 1.29 is 4.79 Å². The molecule has 1 aliphatic carbocycles. The minimum absolute atomic E-state index is 0.0201. The smallest absolute Gasteiger partial charge is 0.260 e. The van der Waals surface area contributed by atoms with Gasteiger partial charge in [0.15, 0.2) is 10.9 Å². The number of thiophene rings is 1. The molecule has 170 valence electrons. The van der Waals surface area contributed by atoms with Gasteiger partial charge in [-0.1, -0.05) is 41.6 Å². The number of rotatable bonds is 6. The highest BCUT2D eigenvalue weighted by Gasteiger charge is 2.21. The molecule has 0 amide bonds. The first-order valence-electron chi connectivity index (χ1n) is 11.0. The van der Waals surface area contributed by atoms with E-state index < -0.39 is 0 Å². The molecule has 0 aliphatic heterocycles. The molecule has 0 spiro atoms. The average Bonchev–Trinajstić information content (AvgIpc) is 3.31. The zero-order chi connectivity index (χ0) is 23.1. The number of nitrogens with one attached hydrogen (secondary N) is 1. The standard InChI is InChI=1S/C25H24ClN3O2S2/c1-14-11-18(15(2)29(14)12-16-7-3-5-9-19(16)26)20(30)13-32-25-27-23(31)22-17-8-4-6-10-21(17)33-24(22)28-25/h3,5,7,9,11H,4,6,8,10,12-13H2,1-2H3,(H,27,28,31).